The van der Waals surface area contributed by atoms with E-state index >= 15 is 0 Å². The van der Waals surface area contributed by atoms with Crippen molar-refractivity contribution < 1.29 is 0 Å². The van der Waals surface area contributed by atoms with E-state index in [1.54, 1.807) is 6.20 Å². The maximum absolute atomic E-state index is 6.17. The van der Waals surface area contributed by atoms with Crippen molar-refractivity contribution in [2.24, 2.45) is 11.7 Å². The Kier molecular flexibility index (Phi) is 5.23. The third-order valence-electron chi connectivity index (χ3n) is 2.51. The molecule has 0 aliphatic heterocycles. The van der Waals surface area contributed by atoms with Crippen LogP contribution >= 0.6 is 31.9 Å². The molecule has 0 spiro atoms. The third kappa shape index (κ3) is 3.54. The van der Waals surface area contributed by atoms with Gasteiger partial charge in [-0.25, -0.2) is 0 Å². The van der Waals surface area contributed by atoms with Crippen LogP contribution < -0.4 is 5.73 Å². The zero-order valence-corrected chi connectivity index (χ0v) is 12.2. The Balaban J connectivity index is 2.86. The Bertz CT molecular complexity index is 328. The third-order valence-corrected chi connectivity index (χ3v) is 3.58. The van der Waals surface area contributed by atoms with E-state index in [9.17, 15) is 0 Å². The maximum atomic E-state index is 6.17. The molecule has 4 heteroatoms. The van der Waals surface area contributed by atoms with Crippen LogP contribution in [0.25, 0.3) is 0 Å². The molecule has 0 aromatic carbocycles. The molecule has 1 heterocycles. The van der Waals surface area contributed by atoms with Crippen molar-refractivity contribution in [1.29, 1.82) is 0 Å². The molecular formula is C11H16Br2N2. The molecule has 0 aliphatic carbocycles. The van der Waals surface area contributed by atoms with Crippen molar-refractivity contribution in [3.63, 3.8) is 0 Å². The zero-order chi connectivity index (χ0) is 11.4. The predicted octanol–water partition coefficient (Wildman–Crippen LogP) is 4.04. The van der Waals surface area contributed by atoms with E-state index in [1.807, 2.05) is 6.07 Å². The number of rotatable bonds is 4. The van der Waals surface area contributed by atoms with Gasteiger partial charge in [0.2, 0.25) is 0 Å². The number of aromatic nitrogens is 1. The molecule has 2 atom stereocenters. The lowest BCUT2D eigenvalue weighted by Crippen LogP contribution is -2.20. The van der Waals surface area contributed by atoms with Crippen molar-refractivity contribution >= 4 is 31.9 Å². The molecular weight excluding hydrogens is 320 g/mol. The quantitative estimate of drug-likeness (QED) is 0.901. The number of nitrogens with two attached hydrogens (primary N) is 1. The Morgan fingerprint density at radius 3 is 2.67 bits per heavy atom. The van der Waals surface area contributed by atoms with E-state index in [0.717, 1.165) is 27.5 Å². The van der Waals surface area contributed by atoms with Gasteiger partial charge >= 0.3 is 0 Å². The van der Waals surface area contributed by atoms with Gasteiger partial charge in [0.05, 0.1) is 11.7 Å². The van der Waals surface area contributed by atoms with Crippen LogP contribution in [0, 0.1) is 5.92 Å². The van der Waals surface area contributed by atoms with E-state index < -0.39 is 0 Å². The van der Waals surface area contributed by atoms with Gasteiger partial charge in [0, 0.05) is 15.1 Å². The first-order valence-corrected chi connectivity index (χ1v) is 6.71. The smallest absolute Gasteiger partial charge is 0.0716 e. The second kappa shape index (κ2) is 5.97. The molecule has 0 radical (unpaired) electrons. The van der Waals surface area contributed by atoms with Gasteiger partial charge in [-0.15, -0.1) is 0 Å². The van der Waals surface area contributed by atoms with Crippen molar-refractivity contribution in [3.05, 3.63) is 26.9 Å². The molecule has 1 aromatic rings. The topological polar surface area (TPSA) is 38.9 Å². The summed E-state index contributed by atoms with van der Waals surface area (Å²) in [4.78, 5) is 4.36. The lowest BCUT2D eigenvalue weighted by molar-refractivity contribution is 0.425. The Labute approximate surface area is 108 Å². The molecule has 0 bridgehead atoms. The molecule has 2 unspecified atom stereocenters. The molecule has 0 amide bonds. The van der Waals surface area contributed by atoms with E-state index in [4.69, 9.17) is 5.73 Å². The molecule has 0 fully saturated rings. The summed E-state index contributed by atoms with van der Waals surface area (Å²) in [5.74, 6) is 0.458. The summed E-state index contributed by atoms with van der Waals surface area (Å²) in [6, 6.07) is 1.99. The van der Waals surface area contributed by atoms with Gasteiger partial charge in [-0.1, -0.05) is 20.3 Å². The highest BCUT2D eigenvalue weighted by atomic mass is 79.9. The molecule has 2 N–H and O–H groups in total. The number of hydrogen-bond donors (Lipinski definition) is 1. The summed E-state index contributed by atoms with van der Waals surface area (Å²) in [5, 5.41) is 0. The molecule has 2 nitrogen and oxygen atoms in total. The van der Waals surface area contributed by atoms with Crippen molar-refractivity contribution in [2.45, 2.75) is 32.7 Å². The largest absolute Gasteiger partial charge is 0.322 e. The summed E-state index contributed by atoms with van der Waals surface area (Å²) in [6.45, 7) is 4.34. The van der Waals surface area contributed by atoms with Gasteiger partial charge < -0.3 is 5.73 Å². The lowest BCUT2D eigenvalue weighted by Gasteiger charge is -2.19. The normalized spacial score (nSPS) is 15.0. The minimum absolute atomic E-state index is 0.00687. The molecule has 84 valence electrons. The van der Waals surface area contributed by atoms with Gasteiger partial charge in [-0.05, 0) is 50.3 Å². The van der Waals surface area contributed by atoms with Crippen LogP contribution in [0.5, 0.6) is 0 Å². The molecule has 1 aromatic heterocycles. The second-order valence-corrected chi connectivity index (χ2v) is 5.58. The Hall–Kier alpha value is 0.0700. The molecule has 15 heavy (non-hydrogen) atoms. The SMILES string of the molecule is CCCC(C)C(N)c1ncc(Br)cc1Br. The summed E-state index contributed by atoms with van der Waals surface area (Å²) in [7, 11) is 0. The van der Waals surface area contributed by atoms with Crippen LogP contribution in [0.2, 0.25) is 0 Å². The fourth-order valence-electron chi connectivity index (χ4n) is 1.57. The molecule has 0 saturated heterocycles. The zero-order valence-electron chi connectivity index (χ0n) is 9.00. The summed E-state index contributed by atoms with van der Waals surface area (Å²) >= 11 is 6.87. The first kappa shape index (κ1) is 13.1. The summed E-state index contributed by atoms with van der Waals surface area (Å²) in [5.41, 5.74) is 7.11. The molecule has 1 rings (SSSR count). The van der Waals surface area contributed by atoms with E-state index in [2.05, 4.69) is 50.7 Å². The minimum atomic E-state index is 0.00687. The number of halogens is 2. The Morgan fingerprint density at radius 2 is 2.13 bits per heavy atom. The van der Waals surface area contributed by atoms with Crippen molar-refractivity contribution in [2.75, 3.05) is 0 Å². The van der Waals surface area contributed by atoms with E-state index in [0.29, 0.717) is 5.92 Å². The number of hydrogen-bond acceptors (Lipinski definition) is 2. The van der Waals surface area contributed by atoms with Crippen LogP contribution in [0.1, 0.15) is 38.4 Å². The first-order chi connectivity index (χ1) is 7.06. The first-order valence-electron chi connectivity index (χ1n) is 5.12. The van der Waals surface area contributed by atoms with Gasteiger partial charge in [0.15, 0.2) is 0 Å². The molecule has 0 saturated carbocycles. The fourth-order valence-corrected chi connectivity index (χ4v) is 2.83. The van der Waals surface area contributed by atoms with Crippen LogP contribution in [-0.2, 0) is 0 Å². The van der Waals surface area contributed by atoms with Gasteiger partial charge in [-0.2, -0.15) is 0 Å². The fraction of sp³-hybridized carbons (Fsp3) is 0.545. The lowest BCUT2D eigenvalue weighted by atomic mass is 9.95. The molecule has 0 aliphatic rings. The monoisotopic (exact) mass is 334 g/mol. The van der Waals surface area contributed by atoms with E-state index in [1.165, 1.54) is 0 Å². The predicted molar refractivity (Wildman–Crippen MR) is 70.6 cm³/mol. The standard InChI is InChI=1S/C11H16Br2N2/c1-3-4-7(2)10(14)11-9(13)5-8(12)6-15-11/h5-7,10H,3-4,14H2,1-2H3. The van der Waals surface area contributed by atoms with Crippen molar-refractivity contribution in [1.82, 2.24) is 4.98 Å². The highest BCUT2D eigenvalue weighted by molar-refractivity contribution is 9.11. The summed E-state index contributed by atoms with van der Waals surface area (Å²) < 4.78 is 1.95. The highest BCUT2D eigenvalue weighted by Crippen LogP contribution is 2.28. The van der Waals surface area contributed by atoms with Crippen molar-refractivity contribution in [3.8, 4) is 0 Å². The van der Waals surface area contributed by atoms with E-state index in [-0.39, 0.29) is 6.04 Å². The van der Waals surface area contributed by atoms with Gasteiger partial charge in [0.25, 0.3) is 0 Å². The average Bonchev–Trinajstić information content (AvgIpc) is 2.17. The second-order valence-electron chi connectivity index (χ2n) is 3.81. The minimum Gasteiger partial charge on any atom is -0.322 e. The average molecular weight is 336 g/mol. The van der Waals surface area contributed by atoms with Gasteiger partial charge in [0.1, 0.15) is 0 Å². The van der Waals surface area contributed by atoms with Crippen LogP contribution in [0.15, 0.2) is 21.2 Å². The number of nitrogens with zero attached hydrogens (tertiary/aromatic N) is 1. The van der Waals surface area contributed by atoms with Gasteiger partial charge in [-0.3, -0.25) is 4.98 Å². The van der Waals surface area contributed by atoms with Crippen LogP contribution in [0.4, 0.5) is 0 Å². The van der Waals surface area contributed by atoms with Crippen LogP contribution in [-0.4, -0.2) is 4.98 Å². The summed E-state index contributed by atoms with van der Waals surface area (Å²) in [6.07, 6.45) is 4.08. The Morgan fingerprint density at radius 1 is 1.47 bits per heavy atom. The maximum Gasteiger partial charge on any atom is 0.0716 e. The van der Waals surface area contributed by atoms with Crippen LogP contribution in [0.3, 0.4) is 0 Å². The highest BCUT2D eigenvalue weighted by Gasteiger charge is 2.18. The number of pyridine rings is 1.